The molecule has 4 nitrogen and oxygen atoms in total. The Hall–Kier alpha value is -1.07. The van der Waals surface area contributed by atoms with Crippen LogP contribution >= 0.6 is 15.9 Å². The standard InChI is InChI=1S/C14H21BrN2O2/c1-10(2)19-8-4-3-7-17-14(18)11-5-6-13(16)12(15)9-11/h5-6,9-10H,3-4,7-8,16H2,1-2H3,(H,17,18). The molecule has 0 spiro atoms. The zero-order valence-electron chi connectivity index (χ0n) is 11.4. The van der Waals surface area contributed by atoms with Gasteiger partial charge in [-0.15, -0.1) is 0 Å². The fourth-order valence-corrected chi connectivity index (χ4v) is 1.90. The van der Waals surface area contributed by atoms with E-state index in [9.17, 15) is 4.79 Å². The molecule has 5 heteroatoms. The quantitative estimate of drug-likeness (QED) is 0.597. The lowest BCUT2D eigenvalue weighted by Gasteiger charge is -2.08. The molecule has 1 rings (SSSR count). The second-order valence-electron chi connectivity index (χ2n) is 4.62. The number of ether oxygens (including phenoxy) is 1. The van der Waals surface area contributed by atoms with Crippen LogP contribution in [0.3, 0.4) is 0 Å². The number of hydrogen-bond donors (Lipinski definition) is 2. The first-order chi connectivity index (χ1) is 9.00. The second kappa shape index (κ2) is 8.17. The number of carbonyl (C=O) groups excluding carboxylic acids is 1. The number of hydrogen-bond acceptors (Lipinski definition) is 3. The van der Waals surface area contributed by atoms with E-state index in [1.165, 1.54) is 0 Å². The van der Waals surface area contributed by atoms with Crippen molar-refractivity contribution >= 4 is 27.5 Å². The Kier molecular flexibility index (Phi) is 6.87. The molecular formula is C14H21BrN2O2. The Balaban J connectivity index is 2.26. The summed E-state index contributed by atoms with van der Waals surface area (Å²) in [4.78, 5) is 11.8. The summed E-state index contributed by atoms with van der Waals surface area (Å²) >= 11 is 3.31. The number of nitrogen functional groups attached to an aromatic ring is 1. The highest BCUT2D eigenvalue weighted by Crippen LogP contribution is 2.20. The third-order valence-electron chi connectivity index (χ3n) is 2.57. The van der Waals surface area contributed by atoms with E-state index in [0.29, 0.717) is 17.8 Å². The molecule has 19 heavy (non-hydrogen) atoms. The van der Waals surface area contributed by atoms with Crippen LogP contribution < -0.4 is 11.1 Å². The predicted octanol–water partition coefficient (Wildman–Crippen LogP) is 2.97. The largest absolute Gasteiger partial charge is 0.398 e. The van der Waals surface area contributed by atoms with Crippen LogP contribution in [-0.4, -0.2) is 25.2 Å². The highest BCUT2D eigenvalue weighted by Gasteiger charge is 2.06. The van der Waals surface area contributed by atoms with Gasteiger partial charge in [-0.05, 0) is 60.8 Å². The Morgan fingerprint density at radius 2 is 2.16 bits per heavy atom. The van der Waals surface area contributed by atoms with Crippen molar-refractivity contribution < 1.29 is 9.53 Å². The molecule has 0 saturated heterocycles. The van der Waals surface area contributed by atoms with Crippen LogP contribution in [0.4, 0.5) is 5.69 Å². The smallest absolute Gasteiger partial charge is 0.251 e. The van der Waals surface area contributed by atoms with Gasteiger partial charge in [0.1, 0.15) is 0 Å². The molecule has 0 aliphatic rings. The van der Waals surface area contributed by atoms with Crippen LogP contribution in [0.5, 0.6) is 0 Å². The Labute approximate surface area is 122 Å². The molecule has 0 atom stereocenters. The number of nitrogens with two attached hydrogens (primary N) is 1. The van der Waals surface area contributed by atoms with Crippen molar-refractivity contribution in [3.05, 3.63) is 28.2 Å². The second-order valence-corrected chi connectivity index (χ2v) is 5.47. The summed E-state index contributed by atoms with van der Waals surface area (Å²) in [5.41, 5.74) is 6.91. The van der Waals surface area contributed by atoms with Crippen molar-refractivity contribution in [1.29, 1.82) is 0 Å². The van der Waals surface area contributed by atoms with Gasteiger partial charge in [0.05, 0.1) is 6.10 Å². The molecule has 0 saturated carbocycles. The maximum atomic E-state index is 11.8. The Bertz CT molecular complexity index is 422. The van der Waals surface area contributed by atoms with Crippen LogP contribution in [0.2, 0.25) is 0 Å². The summed E-state index contributed by atoms with van der Waals surface area (Å²) in [6, 6.07) is 5.17. The summed E-state index contributed by atoms with van der Waals surface area (Å²) in [6.07, 6.45) is 2.13. The van der Waals surface area contributed by atoms with Crippen molar-refractivity contribution in [2.24, 2.45) is 0 Å². The zero-order chi connectivity index (χ0) is 14.3. The van der Waals surface area contributed by atoms with Crippen molar-refractivity contribution in [1.82, 2.24) is 5.32 Å². The van der Waals surface area contributed by atoms with Crippen molar-refractivity contribution in [3.63, 3.8) is 0 Å². The molecule has 0 aliphatic heterocycles. The van der Waals surface area contributed by atoms with Crippen LogP contribution in [0.1, 0.15) is 37.0 Å². The highest BCUT2D eigenvalue weighted by atomic mass is 79.9. The third-order valence-corrected chi connectivity index (χ3v) is 3.26. The van der Waals surface area contributed by atoms with Crippen LogP contribution in [0.15, 0.2) is 22.7 Å². The van der Waals surface area contributed by atoms with E-state index in [-0.39, 0.29) is 12.0 Å². The summed E-state index contributed by atoms with van der Waals surface area (Å²) in [6.45, 7) is 5.42. The van der Waals surface area contributed by atoms with E-state index >= 15 is 0 Å². The predicted molar refractivity (Wildman–Crippen MR) is 81.2 cm³/mol. The fourth-order valence-electron chi connectivity index (χ4n) is 1.52. The first-order valence-corrected chi connectivity index (χ1v) is 7.25. The van der Waals surface area contributed by atoms with Gasteiger partial charge in [0.25, 0.3) is 5.91 Å². The molecule has 0 radical (unpaired) electrons. The lowest BCUT2D eigenvalue weighted by molar-refractivity contribution is 0.0754. The molecule has 3 N–H and O–H groups in total. The van der Waals surface area contributed by atoms with Crippen molar-refractivity contribution in [2.75, 3.05) is 18.9 Å². The normalized spacial score (nSPS) is 10.7. The Morgan fingerprint density at radius 3 is 2.79 bits per heavy atom. The van der Waals surface area contributed by atoms with Gasteiger partial charge in [-0.3, -0.25) is 4.79 Å². The molecule has 0 aromatic heterocycles. The van der Waals surface area contributed by atoms with Crippen molar-refractivity contribution in [2.45, 2.75) is 32.8 Å². The first-order valence-electron chi connectivity index (χ1n) is 6.45. The number of carbonyl (C=O) groups is 1. The van der Waals surface area contributed by atoms with Crippen molar-refractivity contribution in [3.8, 4) is 0 Å². The van der Waals surface area contributed by atoms with Gasteiger partial charge >= 0.3 is 0 Å². The van der Waals surface area contributed by atoms with Crippen LogP contribution in [0.25, 0.3) is 0 Å². The average Bonchev–Trinajstić information content (AvgIpc) is 2.36. The number of anilines is 1. The third kappa shape index (κ3) is 6.07. The Morgan fingerprint density at radius 1 is 1.42 bits per heavy atom. The molecule has 0 heterocycles. The highest BCUT2D eigenvalue weighted by molar-refractivity contribution is 9.10. The lowest BCUT2D eigenvalue weighted by atomic mass is 10.2. The topological polar surface area (TPSA) is 64.3 Å². The first kappa shape index (κ1) is 16.0. The van der Waals surface area contributed by atoms with Gasteiger partial charge in [0.2, 0.25) is 0 Å². The summed E-state index contributed by atoms with van der Waals surface area (Å²) in [5, 5.41) is 2.88. The molecule has 106 valence electrons. The fraction of sp³-hybridized carbons (Fsp3) is 0.500. The van der Waals surface area contributed by atoms with E-state index in [1.54, 1.807) is 18.2 Å². The number of rotatable bonds is 7. The van der Waals surface area contributed by atoms with Crippen LogP contribution in [0, 0.1) is 0 Å². The van der Waals surface area contributed by atoms with Gasteiger partial charge in [0, 0.05) is 28.9 Å². The number of amides is 1. The maximum absolute atomic E-state index is 11.8. The molecular weight excluding hydrogens is 308 g/mol. The van der Waals surface area contributed by atoms with E-state index in [1.807, 2.05) is 13.8 Å². The maximum Gasteiger partial charge on any atom is 0.251 e. The minimum absolute atomic E-state index is 0.0783. The minimum atomic E-state index is -0.0783. The zero-order valence-corrected chi connectivity index (χ0v) is 13.0. The number of unbranched alkanes of at least 4 members (excludes halogenated alkanes) is 1. The number of halogens is 1. The van der Waals surface area contributed by atoms with E-state index in [0.717, 1.165) is 23.9 Å². The summed E-state index contributed by atoms with van der Waals surface area (Å²) in [5.74, 6) is -0.0783. The van der Waals surface area contributed by atoms with Gasteiger partial charge in [-0.1, -0.05) is 0 Å². The van der Waals surface area contributed by atoms with E-state index in [2.05, 4.69) is 21.2 Å². The van der Waals surface area contributed by atoms with E-state index < -0.39 is 0 Å². The van der Waals surface area contributed by atoms with E-state index in [4.69, 9.17) is 10.5 Å². The number of benzene rings is 1. The molecule has 0 aliphatic carbocycles. The summed E-state index contributed by atoms with van der Waals surface area (Å²) < 4.78 is 6.17. The lowest BCUT2D eigenvalue weighted by Crippen LogP contribution is -2.24. The number of nitrogens with one attached hydrogen (secondary N) is 1. The monoisotopic (exact) mass is 328 g/mol. The summed E-state index contributed by atoms with van der Waals surface area (Å²) in [7, 11) is 0. The minimum Gasteiger partial charge on any atom is -0.398 e. The molecule has 0 bridgehead atoms. The molecule has 1 aromatic rings. The van der Waals surface area contributed by atoms with Gasteiger partial charge in [-0.25, -0.2) is 0 Å². The SMILES string of the molecule is CC(C)OCCCCNC(=O)c1ccc(N)c(Br)c1. The molecule has 1 aromatic carbocycles. The average molecular weight is 329 g/mol. The van der Waals surface area contributed by atoms with Gasteiger partial charge < -0.3 is 15.8 Å². The van der Waals surface area contributed by atoms with Crippen LogP contribution in [-0.2, 0) is 4.74 Å². The molecule has 0 unspecified atom stereocenters. The van der Waals surface area contributed by atoms with Gasteiger partial charge in [0.15, 0.2) is 0 Å². The molecule has 1 amide bonds. The van der Waals surface area contributed by atoms with Gasteiger partial charge in [-0.2, -0.15) is 0 Å². The molecule has 0 fully saturated rings.